The number of aliphatic hydroxyl groups excluding tert-OH is 1. The fourth-order valence-corrected chi connectivity index (χ4v) is 2.35. The van der Waals surface area contributed by atoms with Crippen molar-refractivity contribution in [3.05, 3.63) is 69.5 Å². The summed E-state index contributed by atoms with van der Waals surface area (Å²) < 4.78 is 12.8. The van der Waals surface area contributed by atoms with Crippen LogP contribution in [0.15, 0.2) is 36.4 Å². The quantitative estimate of drug-likeness (QED) is 0.904. The number of hydrogen-bond acceptors (Lipinski definition) is 2. The van der Waals surface area contributed by atoms with Crippen molar-refractivity contribution in [2.24, 2.45) is 0 Å². The lowest BCUT2D eigenvalue weighted by Gasteiger charge is -2.13. The van der Waals surface area contributed by atoms with Gasteiger partial charge in [-0.2, -0.15) is 0 Å². The highest BCUT2D eigenvalue weighted by Crippen LogP contribution is 2.21. The first-order chi connectivity index (χ1) is 10.4. The minimum Gasteiger partial charge on any atom is -0.387 e. The topological polar surface area (TPSA) is 49.3 Å². The van der Waals surface area contributed by atoms with Crippen LogP contribution in [0.5, 0.6) is 0 Å². The molecular weight excluding hydrogens is 305 g/mol. The molecule has 0 radical (unpaired) electrons. The predicted octanol–water partition coefficient (Wildman–Crippen LogP) is 3.56. The average molecular weight is 322 g/mol. The second-order valence-corrected chi connectivity index (χ2v) is 5.60. The van der Waals surface area contributed by atoms with Crippen molar-refractivity contribution in [2.75, 3.05) is 6.54 Å². The van der Waals surface area contributed by atoms with Crippen LogP contribution >= 0.6 is 11.6 Å². The van der Waals surface area contributed by atoms with Crippen LogP contribution in [-0.4, -0.2) is 17.6 Å². The van der Waals surface area contributed by atoms with E-state index in [-0.39, 0.29) is 18.3 Å². The van der Waals surface area contributed by atoms with E-state index in [0.717, 1.165) is 11.1 Å². The molecule has 0 aromatic heterocycles. The number of carbonyl (C=O) groups excluding carboxylic acids is 1. The molecule has 0 saturated carbocycles. The van der Waals surface area contributed by atoms with Gasteiger partial charge >= 0.3 is 0 Å². The van der Waals surface area contributed by atoms with Gasteiger partial charge in [0, 0.05) is 6.54 Å². The number of nitrogens with one attached hydrogen (secondary N) is 1. The second kappa shape index (κ2) is 6.90. The maximum Gasteiger partial charge on any atom is 0.252 e. The Morgan fingerprint density at radius 1 is 1.23 bits per heavy atom. The number of halogens is 2. The molecule has 0 fully saturated rings. The zero-order valence-corrected chi connectivity index (χ0v) is 13.1. The summed E-state index contributed by atoms with van der Waals surface area (Å²) in [6.45, 7) is 3.84. The third kappa shape index (κ3) is 3.84. The van der Waals surface area contributed by atoms with E-state index in [1.54, 1.807) is 12.1 Å². The number of rotatable bonds is 4. The summed E-state index contributed by atoms with van der Waals surface area (Å²) in [6.07, 6.45) is -0.908. The Kier molecular flexibility index (Phi) is 5.16. The van der Waals surface area contributed by atoms with Crippen LogP contribution in [0.2, 0.25) is 5.02 Å². The van der Waals surface area contributed by atoms with Crippen molar-refractivity contribution in [3.63, 3.8) is 0 Å². The lowest BCUT2D eigenvalue weighted by atomic mass is 10.1. The van der Waals surface area contributed by atoms with Crippen LogP contribution in [0.3, 0.4) is 0 Å². The van der Waals surface area contributed by atoms with E-state index in [1.807, 2.05) is 13.8 Å². The standard InChI is InChI=1S/C17H17ClFNO2/c1-10-7-14(15(18)8-11(10)2)17(22)20-9-16(21)12-3-5-13(19)6-4-12/h3-8,16,21H,9H2,1-2H3,(H,20,22). The molecule has 0 spiro atoms. The highest BCUT2D eigenvalue weighted by molar-refractivity contribution is 6.34. The van der Waals surface area contributed by atoms with Gasteiger partial charge in [-0.05, 0) is 54.8 Å². The second-order valence-electron chi connectivity index (χ2n) is 5.19. The molecule has 2 N–H and O–H groups in total. The molecule has 0 bridgehead atoms. The fourth-order valence-electron chi connectivity index (χ4n) is 2.04. The normalized spacial score (nSPS) is 12.0. The van der Waals surface area contributed by atoms with Crippen LogP contribution in [-0.2, 0) is 0 Å². The molecule has 3 nitrogen and oxygen atoms in total. The van der Waals surface area contributed by atoms with Crippen molar-refractivity contribution in [3.8, 4) is 0 Å². The van der Waals surface area contributed by atoms with Gasteiger partial charge in [-0.15, -0.1) is 0 Å². The first kappa shape index (κ1) is 16.5. The zero-order valence-electron chi connectivity index (χ0n) is 12.4. The number of amides is 1. The Bertz CT molecular complexity index is 686. The summed E-state index contributed by atoms with van der Waals surface area (Å²) in [5.74, 6) is -0.726. The minimum atomic E-state index is -0.908. The molecule has 116 valence electrons. The molecule has 0 heterocycles. The van der Waals surface area contributed by atoms with Gasteiger partial charge in [0.25, 0.3) is 5.91 Å². The molecule has 22 heavy (non-hydrogen) atoms. The largest absolute Gasteiger partial charge is 0.387 e. The Labute approximate surface area is 133 Å². The molecule has 5 heteroatoms. The predicted molar refractivity (Wildman–Crippen MR) is 84.6 cm³/mol. The van der Waals surface area contributed by atoms with E-state index in [1.165, 1.54) is 24.3 Å². The Balaban J connectivity index is 2.03. The van der Waals surface area contributed by atoms with E-state index in [2.05, 4.69) is 5.32 Å². The highest BCUT2D eigenvalue weighted by Gasteiger charge is 2.14. The van der Waals surface area contributed by atoms with Gasteiger partial charge in [0.15, 0.2) is 0 Å². The third-order valence-corrected chi connectivity index (χ3v) is 3.85. The number of aryl methyl sites for hydroxylation is 2. The molecule has 2 aromatic rings. The van der Waals surface area contributed by atoms with Gasteiger partial charge in [0.2, 0.25) is 0 Å². The smallest absolute Gasteiger partial charge is 0.252 e. The van der Waals surface area contributed by atoms with E-state index >= 15 is 0 Å². The summed E-state index contributed by atoms with van der Waals surface area (Å²) in [4.78, 5) is 12.2. The first-order valence-electron chi connectivity index (χ1n) is 6.87. The van der Waals surface area contributed by atoms with Gasteiger partial charge in [0.05, 0.1) is 16.7 Å². The summed E-state index contributed by atoms with van der Waals surface area (Å²) in [5.41, 5.74) is 2.88. The zero-order chi connectivity index (χ0) is 16.3. The van der Waals surface area contributed by atoms with Gasteiger partial charge < -0.3 is 10.4 Å². The lowest BCUT2D eigenvalue weighted by Crippen LogP contribution is -2.28. The van der Waals surface area contributed by atoms with E-state index in [4.69, 9.17) is 11.6 Å². The van der Waals surface area contributed by atoms with E-state index < -0.39 is 6.10 Å². The number of benzene rings is 2. The van der Waals surface area contributed by atoms with Crippen molar-refractivity contribution < 1.29 is 14.3 Å². The van der Waals surface area contributed by atoms with Crippen molar-refractivity contribution >= 4 is 17.5 Å². The monoisotopic (exact) mass is 321 g/mol. The van der Waals surface area contributed by atoms with Crippen LogP contribution in [0.4, 0.5) is 4.39 Å². The van der Waals surface area contributed by atoms with Crippen LogP contribution in [0, 0.1) is 19.7 Å². The average Bonchev–Trinajstić information content (AvgIpc) is 2.49. The fraction of sp³-hybridized carbons (Fsp3) is 0.235. The minimum absolute atomic E-state index is 0.0215. The van der Waals surface area contributed by atoms with Crippen LogP contribution < -0.4 is 5.32 Å². The summed E-state index contributed by atoms with van der Waals surface area (Å²) >= 11 is 6.08. The van der Waals surface area contributed by atoms with Crippen LogP contribution in [0.25, 0.3) is 0 Å². The molecule has 0 saturated heterocycles. The van der Waals surface area contributed by atoms with Crippen molar-refractivity contribution in [2.45, 2.75) is 20.0 Å². The highest BCUT2D eigenvalue weighted by atomic mass is 35.5. The molecule has 1 atom stereocenters. The van der Waals surface area contributed by atoms with Crippen molar-refractivity contribution in [1.82, 2.24) is 5.32 Å². The Hall–Kier alpha value is -1.91. The lowest BCUT2D eigenvalue weighted by molar-refractivity contribution is 0.0916. The van der Waals surface area contributed by atoms with Crippen LogP contribution in [0.1, 0.15) is 33.2 Å². The Morgan fingerprint density at radius 2 is 1.82 bits per heavy atom. The van der Waals surface area contributed by atoms with Gasteiger partial charge in [-0.25, -0.2) is 4.39 Å². The summed E-state index contributed by atoms with van der Waals surface area (Å²) in [6, 6.07) is 8.95. The SMILES string of the molecule is Cc1cc(Cl)c(C(=O)NCC(O)c2ccc(F)cc2)cc1C. The molecule has 1 amide bonds. The van der Waals surface area contributed by atoms with E-state index in [0.29, 0.717) is 16.1 Å². The molecule has 0 aliphatic carbocycles. The summed E-state index contributed by atoms with van der Waals surface area (Å²) in [5, 5.41) is 13.0. The molecule has 1 unspecified atom stereocenters. The number of carbonyl (C=O) groups is 1. The van der Waals surface area contributed by atoms with Crippen molar-refractivity contribution in [1.29, 1.82) is 0 Å². The molecule has 2 aromatic carbocycles. The molecular formula is C17H17ClFNO2. The maximum absolute atomic E-state index is 12.8. The number of aliphatic hydroxyl groups is 1. The molecule has 2 rings (SSSR count). The van der Waals surface area contributed by atoms with Gasteiger partial charge in [0.1, 0.15) is 5.82 Å². The van der Waals surface area contributed by atoms with E-state index in [9.17, 15) is 14.3 Å². The first-order valence-corrected chi connectivity index (χ1v) is 7.24. The third-order valence-electron chi connectivity index (χ3n) is 3.54. The van der Waals surface area contributed by atoms with Gasteiger partial charge in [-0.1, -0.05) is 23.7 Å². The summed E-state index contributed by atoms with van der Waals surface area (Å²) in [7, 11) is 0. The number of hydrogen-bond donors (Lipinski definition) is 2. The van der Waals surface area contributed by atoms with Gasteiger partial charge in [-0.3, -0.25) is 4.79 Å². The molecule has 0 aliphatic rings. The molecule has 0 aliphatic heterocycles. The maximum atomic E-state index is 12.8. The Morgan fingerprint density at radius 3 is 2.45 bits per heavy atom.